The third kappa shape index (κ3) is 4.93. The molecule has 0 radical (unpaired) electrons. The van der Waals surface area contributed by atoms with Crippen molar-refractivity contribution in [3.8, 4) is 0 Å². The smallest absolute Gasteiger partial charge is 0.323 e. The zero-order valence-electron chi connectivity index (χ0n) is 9.32. The van der Waals surface area contributed by atoms with Gasteiger partial charge in [-0.15, -0.1) is 6.58 Å². The molecule has 90 valence electrons. The number of carbonyl (C=O) groups excluding carboxylic acids is 1. The van der Waals surface area contributed by atoms with Gasteiger partial charge in [0.05, 0.1) is 0 Å². The average molecular weight is 226 g/mol. The van der Waals surface area contributed by atoms with Crippen LogP contribution in [0.2, 0.25) is 0 Å². The van der Waals surface area contributed by atoms with E-state index in [0.717, 1.165) is 0 Å². The zero-order valence-corrected chi connectivity index (χ0v) is 9.32. The molecule has 1 rings (SSSR count). The van der Waals surface area contributed by atoms with Crippen molar-refractivity contribution in [1.29, 1.82) is 0 Å². The van der Waals surface area contributed by atoms with E-state index in [1.165, 1.54) is 23.8 Å². The summed E-state index contributed by atoms with van der Waals surface area (Å²) in [5, 5.41) is 11.9. The first-order valence-electron chi connectivity index (χ1n) is 5.47. The molecule has 0 atom stereocenters. The zero-order chi connectivity index (χ0) is 12.0. The largest absolute Gasteiger partial charge is 0.480 e. The topological polar surface area (TPSA) is 69.6 Å². The van der Waals surface area contributed by atoms with Gasteiger partial charge in [-0.05, 0) is 12.8 Å². The molecule has 16 heavy (non-hydrogen) atoms. The molecule has 5 nitrogen and oxygen atoms in total. The molecule has 0 unspecified atom stereocenters. The molecule has 5 heteroatoms. The first kappa shape index (κ1) is 12.7. The predicted molar refractivity (Wildman–Crippen MR) is 60.1 cm³/mol. The van der Waals surface area contributed by atoms with Crippen LogP contribution in [0.5, 0.6) is 0 Å². The van der Waals surface area contributed by atoms with Crippen LogP contribution in [0.1, 0.15) is 19.3 Å². The van der Waals surface area contributed by atoms with Crippen molar-refractivity contribution in [2.24, 2.45) is 0 Å². The quantitative estimate of drug-likeness (QED) is 0.581. The maximum atomic E-state index is 11.6. The van der Waals surface area contributed by atoms with Gasteiger partial charge in [0, 0.05) is 25.6 Å². The van der Waals surface area contributed by atoms with Gasteiger partial charge in [-0.25, -0.2) is 0 Å². The number of carboxylic acids is 1. The van der Waals surface area contributed by atoms with E-state index in [-0.39, 0.29) is 19.0 Å². The van der Waals surface area contributed by atoms with E-state index in [0.29, 0.717) is 19.0 Å². The van der Waals surface area contributed by atoms with E-state index in [1.807, 2.05) is 0 Å². The standard InChI is InChI=1S/C11H18N2O3/c1-2-7-13(8-11(15)16)10(14)5-6-12-9-3-4-9/h2,9,12H,1,3-8H2,(H,15,16). The lowest BCUT2D eigenvalue weighted by Gasteiger charge is -2.18. The summed E-state index contributed by atoms with van der Waals surface area (Å²) >= 11 is 0. The molecule has 0 spiro atoms. The second-order valence-electron chi connectivity index (χ2n) is 3.94. The maximum Gasteiger partial charge on any atom is 0.323 e. The van der Waals surface area contributed by atoms with Gasteiger partial charge in [-0.1, -0.05) is 6.08 Å². The number of carboxylic acid groups (broad SMARTS) is 1. The van der Waals surface area contributed by atoms with Crippen molar-refractivity contribution in [3.05, 3.63) is 12.7 Å². The summed E-state index contributed by atoms with van der Waals surface area (Å²) in [6.07, 6.45) is 4.24. The molecule has 0 aliphatic heterocycles. The molecule has 0 bridgehead atoms. The second kappa shape index (κ2) is 6.27. The third-order valence-electron chi connectivity index (χ3n) is 2.38. The SMILES string of the molecule is C=CCN(CC(=O)O)C(=O)CCNC1CC1. The number of amides is 1. The van der Waals surface area contributed by atoms with E-state index < -0.39 is 5.97 Å². The maximum absolute atomic E-state index is 11.6. The van der Waals surface area contributed by atoms with Gasteiger partial charge in [-0.3, -0.25) is 9.59 Å². The molecule has 0 heterocycles. The van der Waals surface area contributed by atoms with E-state index in [1.54, 1.807) is 0 Å². The van der Waals surface area contributed by atoms with Crippen LogP contribution in [-0.2, 0) is 9.59 Å². The second-order valence-corrected chi connectivity index (χ2v) is 3.94. The predicted octanol–water partition coefficient (Wildman–Crippen LogP) is 0.228. The van der Waals surface area contributed by atoms with Crippen LogP contribution in [0.3, 0.4) is 0 Å². The number of hydrogen-bond donors (Lipinski definition) is 2. The molecule has 0 aromatic rings. The van der Waals surface area contributed by atoms with Crippen LogP contribution < -0.4 is 5.32 Å². The Morgan fingerprint density at radius 1 is 1.50 bits per heavy atom. The van der Waals surface area contributed by atoms with Gasteiger partial charge in [0.1, 0.15) is 6.54 Å². The summed E-state index contributed by atoms with van der Waals surface area (Å²) in [4.78, 5) is 23.5. The Labute approximate surface area is 95.1 Å². The van der Waals surface area contributed by atoms with Gasteiger partial charge < -0.3 is 15.3 Å². The Kier molecular flexibility index (Phi) is 4.98. The van der Waals surface area contributed by atoms with Crippen molar-refractivity contribution in [2.45, 2.75) is 25.3 Å². The fourth-order valence-corrected chi connectivity index (χ4v) is 1.40. The number of hydrogen-bond acceptors (Lipinski definition) is 3. The monoisotopic (exact) mass is 226 g/mol. The Hall–Kier alpha value is -1.36. The lowest BCUT2D eigenvalue weighted by Crippen LogP contribution is -2.37. The minimum Gasteiger partial charge on any atom is -0.480 e. The molecule has 0 saturated heterocycles. The first-order chi connectivity index (χ1) is 7.63. The van der Waals surface area contributed by atoms with Gasteiger partial charge in [-0.2, -0.15) is 0 Å². The lowest BCUT2D eigenvalue weighted by atomic mass is 10.3. The minimum atomic E-state index is -0.995. The molecule has 1 aliphatic rings. The Morgan fingerprint density at radius 2 is 2.19 bits per heavy atom. The number of nitrogens with one attached hydrogen (secondary N) is 1. The highest BCUT2D eigenvalue weighted by molar-refractivity contribution is 5.81. The van der Waals surface area contributed by atoms with Crippen LogP contribution in [0.15, 0.2) is 12.7 Å². The fourth-order valence-electron chi connectivity index (χ4n) is 1.40. The van der Waals surface area contributed by atoms with E-state index in [2.05, 4.69) is 11.9 Å². The number of aliphatic carboxylic acids is 1. The normalized spacial score (nSPS) is 14.5. The summed E-state index contributed by atoms with van der Waals surface area (Å²) in [5.74, 6) is -1.14. The van der Waals surface area contributed by atoms with Gasteiger partial charge >= 0.3 is 5.97 Å². The Balaban J connectivity index is 2.26. The average Bonchev–Trinajstić information content (AvgIpc) is 3.00. The summed E-state index contributed by atoms with van der Waals surface area (Å²) < 4.78 is 0. The van der Waals surface area contributed by atoms with Gasteiger partial charge in [0.2, 0.25) is 5.91 Å². The summed E-state index contributed by atoms with van der Waals surface area (Å²) in [6.45, 7) is 4.16. The molecule has 0 aromatic carbocycles. The highest BCUT2D eigenvalue weighted by Crippen LogP contribution is 2.18. The molecule has 1 fully saturated rings. The van der Waals surface area contributed by atoms with E-state index >= 15 is 0 Å². The molecular weight excluding hydrogens is 208 g/mol. The van der Waals surface area contributed by atoms with Crippen molar-refractivity contribution in [3.63, 3.8) is 0 Å². The van der Waals surface area contributed by atoms with Crippen molar-refractivity contribution >= 4 is 11.9 Å². The summed E-state index contributed by atoms with van der Waals surface area (Å²) in [6, 6.07) is 0.570. The van der Waals surface area contributed by atoms with E-state index in [4.69, 9.17) is 5.11 Å². The number of carbonyl (C=O) groups is 2. The fraction of sp³-hybridized carbons (Fsp3) is 0.636. The highest BCUT2D eigenvalue weighted by Gasteiger charge is 2.21. The molecule has 2 N–H and O–H groups in total. The number of nitrogens with zero attached hydrogens (tertiary/aromatic N) is 1. The van der Waals surface area contributed by atoms with Crippen LogP contribution in [0.25, 0.3) is 0 Å². The Morgan fingerprint density at radius 3 is 2.69 bits per heavy atom. The number of rotatable bonds is 8. The van der Waals surface area contributed by atoms with Crippen LogP contribution >= 0.6 is 0 Å². The molecule has 0 aromatic heterocycles. The Bertz CT molecular complexity index is 274. The van der Waals surface area contributed by atoms with Crippen LogP contribution in [0, 0.1) is 0 Å². The summed E-state index contributed by atoms with van der Waals surface area (Å²) in [5.41, 5.74) is 0. The van der Waals surface area contributed by atoms with E-state index in [9.17, 15) is 9.59 Å². The molecule has 1 aliphatic carbocycles. The van der Waals surface area contributed by atoms with Crippen LogP contribution in [0.4, 0.5) is 0 Å². The van der Waals surface area contributed by atoms with Crippen molar-refractivity contribution in [2.75, 3.05) is 19.6 Å². The summed E-state index contributed by atoms with van der Waals surface area (Å²) in [7, 11) is 0. The molecule has 1 amide bonds. The van der Waals surface area contributed by atoms with Crippen LogP contribution in [-0.4, -0.2) is 47.6 Å². The van der Waals surface area contributed by atoms with Crippen molar-refractivity contribution < 1.29 is 14.7 Å². The first-order valence-corrected chi connectivity index (χ1v) is 5.47. The van der Waals surface area contributed by atoms with Crippen molar-refractivity contribution in [1.82, 2.24) is 10.2 Å². The molecule has 1 saturated carbocycles. The lowest BCUT2D eigenvalue weighted by molar-refractivity contribution is -0.144. The highest BCUT2D eigenvalue weighted by atomic mass is 16.4. The van der Waals surface area contributed by atoms with Gasteiger partial charge in [0.25, 0.3) is 0 Å². The van der Waals surface area contributed by atoms with Gasteiger partial charge in [0.15, 0.2) is 0 Å². The third-order valence-corrected chi connectivity index (χ3v) is 2.38. The minimum absolute atomic E-state index is 0.143. The molecular formula is C11H18N2O3.